The number of hydrazone groups is 1. The van der Waals surface area contributed by atoms with E-state index in [1.165, 1.54) is 19.7 Å². The van der Waals surface area contributed by atoms with Crippen molar-refractivity contribution in [3.05, 3.63) is 76.3 Å². The highest BCUT2D eigenvalue weighted by molar-refractivity contribution is 9.10. The predicted octanol–water partition coefficient (Wildman–Crippen LogP) is 2.87. The summed E-state index contributed by atoms with van der Waals surface area (Å²) in [6.45, 7) is 0.0627. The van der Waals surface area contributed by atoms with Crippen molar-refractivity contribution in [2.75, 3.05) is 7.11 Å². The molecule has 0 radical (unpaired) electrons. The van der Waals surface area contributed by atoms with Crippen LogP contribution in [0.15, 0.2) is 64.6 Å². The van der Waals surface area contributed by atoms with Crippen molar-refractivity contribution in [3.63, 3.8) is 0 Å². The van der Waals surface area contributed by atoms with Gasteiger partial charge in [-0.05, 0) is 17.7 Å². The van der Waals surface area contributed by atoms with Crippen LogP contribution in [0.25, 0.3) is 0 Å². The van der Waals surface area contributed by atoms with Crippen LogP contribution in [0.2, 0.25) is 0 Å². The monoisotopic (exact) mass is 515 g/mol. The van der Waals surface area contributed by atoms with Crippen LogP contribution in [0.1, 0.15) is 16.8 Å². The third kappa shape index (κ3) is 7.07. The minimum atomic E-state index is -0.989. The molecule has 172 valence electrons. The summed E-state index contributed by atoms with van der Waals surface area (Å²) in [5.41, 5.74) is 4.14. The van der Waals surface area contributed by atoms with Gasteiger partial charge in [0.15, 0.2) is 11.5 Å². The maximum Gasteiger partial charge on any atom is 0.408 e. The molecule has 11 heteroatoms. The maximum atomic E-state index is 12.7. The number of aromatic amines is 1. The van der Waals surface area contributed by atoms with Crippen LogP contribution in [0, 0.1) is 0 Å². The molecule has 33 heavy (non-hydrogen) atoms. The van der Waals surface area contributed by atoms with Crippen LogP contribution >= 0.6 is 15.9 Å². The highest BCUT2D eigenvalue weighted by Crippen LogP contribution is 2.32. The Morgan fingerprint density at radius 3 is 2.79 bits per heavy atom. The quantitative estimate of drug-likeness (QED) is 0.255. The van der Waals surface area contributed by atoms with Gasteiger partial charge in [-0.2, -0.15) is 5.10 Å². The Morgan fingerprint density at radius 1 is 1.30 bits per heavy atom. The zero-order valence-electron chi connectivity index (χ0n) is 17.6. The van der Waals surface area contributed by atoms with E-state index in [9.17, 15) is 14.7 Å². The largest absolute Gasteiger partial charge is 0.504 e. The van der Waals surface area contributed by atoms with Gasteiger partial charge in [-0.25, -0.2) is 15.2 Å². The summed E-state index contributed by atoms with van der Waals surface area (Å²) in [6.07, 6.45) is 3.67. The van der Waals surface area contributed by atoms with E-state index in [0.29, 0.717) is 15.7 Å². The standard InChI is InChI=1S/C22H22BrN5O5/c1-32-19-8-16(23)7-15(20(19)29)10-26-28-21(30)18(9-17-11-24-13-25-17)27-22(31)33-12-14-5-3-2-4-6-14/h2-8,10-11,13,18,29H,9,12H2,1H3,(H,24,25)(H,27,31)(H,28,30)/b26-10-/t18-/m0/s1. The maximum absolute atomic E-state index is 12.7. The van der Waals surface area contributed by atoms with E-state index in [2.05, 4.69) is 41.7 Å². The van der Waals surface area contributed by atoms with Crippen molar-refractivity contribution in [2.45, 2.75) is 19.1 Å². The van der Waals surface area contributed by atoms with E-state index < -0.39 is 18.0 Å². The molecule has 0 fully saturated rings. The van der Waals surface area contributed by atoms with Crippen molar-refractivity contribution in [1.82, 2.24) is 20.7 Å². The highest BCUT2D eigenvalue weighted by atomic mass is 79.9. The molecule has 0 aliphatic rings. The van der Waals surface area contributed by atoms with Crippen LogP contribution < -0.4 is 15.5 Å². The molecule has 1 heterocycles. The number of ether oxygens (including phenoxy) is 2. The first-order valence-corrected chi connectivity index (χ1v) is 10.6. The van der Waals surface area contributed by atoms with E-state index in [-0.39, 0.29) is 24.5 Å². The number of nitrogens with one attached hydrogen (secondary N) is 3. The van der Waals surface area contributed by atoms with Gasteiger partial charge in [0.2, 0.25) is 0 Å². The third-order valence-electron chi connectivity index (χ3n) is 4.47. The van der Waals surface area contributed by atoms with E-state index in [1.54, 1.807) is 18.3 Å². The molecule has 0 aliphatic carbocycles. The molecule has 1 atom stereocenters. The normalized spacial score (nSPS) is 11.7. The number of H-pyrrole nitrogens is 1. The predicted molar refractivity (Wildman–Crippen MR) is 124 cm³/mol. The Morgan fingerprint density at radius 2 is 2.09 bits per heavy atom. The highest BCUT2D eigenvalue weighted by Gasteiger charge is 2.22. The van der Waals surface area contributed by atoms with E-state index in [1.807, 2.05) is 30.3 Å². The topological polar surface area (TPSA) is 138 Å². The van der Waals surface area contributed by atoms with Gasteiger partial charge in [-0.3, -0.25) is 4.79 Å². The number of halogens is 1. The summed E-state index contributed by atoms with van der Waals surface area (Å²) in [5, 5.41) is 16.6. The molecule has 0 saturated heterocycles. The number of alkyl carbamates (subject to hydrolysis) is 1. The summed E-state index contributed by atoms with van der Waals surface area (Å²) >= 11 is 3.31. The molecular weight excluding hydrogens is 494 g/mol. The minimum absolute atomic E-state index is 0.0627. The first-order valence-electron chi connectivity index (χ1n) is 9.80. The molecule has 10 nitrogen and oxygen atoms in total. The fraction of sp³-hybridized carbons (Fsp3) is 0.182. The van der Waals surface area contributed by atoms with E-state index >= 15 is 0 Å². The molecule has 0 spiro atoms. The number of hydrogen-bond donors (Lipinski definition) is 4. The Labute approximate surface area is 198 Å². The van der Waals surface area contributed by atoms with E-state index in [0.717, 1.165) is 5.56 Å². The number of carbonyl (C=O) groups is 2. The van der Waals surface area contributed by atoms with Gasteiger partial charge in [0.05, 0.1) is 19.7 Å². The number of imidazole rings is 1. The minimum Gasteiger partial charge on any atom is -0.504 e. The van der Waals surface area contributed by atoms with Gasteiger partial charge < -0.3 is 24.9 Å². The average Bonchev–Trinajstić information content (AvgIpc) is 3.33. The molecule has 2 amide bonds. The van der Waals surface area contributed by atoms with Crippen LogP contribution in [0.4, 0.5) is 4.79 Å². The number of amides is 2. The molecule has 0 aliphatic heterocycles. The number of nitrogens with zero attached hydrogens (tertiary/aromatic N) is 2. The number of carbonyl (C=O) groups excluding carboxylic acids is 2. The Hall–Kier alpha value is -3.86. The zero-order valence-corrected chi connectivity index (χ0v) is 19.2. The SMILES string of the molecule is COc1cc(Br)cc(/C=N\NC(=O)[C@H](Cc2cnc[nH]2)NC(=O)OCc2ccccc2)c1O. The molecule has 1 aromatic heterocycles. The second-order valence-electron chi connectivity index (χ2n) is 6.82. The van der Waals surface area contributed by atoms with Crippen LogP contribution in [-0.4, -0.2) is 46.4 Å². The number of aromatic hydroxyl groups is 1. The van der Waals surface area contributed by atoms with Gasteiger partial charge in [-0.1, -0.05) is 46.3 Å². The van der Waals surface area contributed by atoms with Crippen LogP contribution in [0.5, 0.6) is 11.5 Å². The number of hydrogen-bond acceptors (Lipinski definition) is 7. The molecular formula is C22H22BrN5O5. The second kappa shape index (κ2) is 11.7. The lowest BCUT2D eigenvalue weighted by atomic mass is 10.1. The molecule has 2 aromatic carbocycles. The van der Waals surface area contributed by atoms with Crippen LogP contribution in [-0.2, 0) is 22.6 Å². The number of phenolic OH excluding ortho intramolecular Hbond substituents is 1. The Balaban J connectivity index is 1.64. The summed E-state index contributed by atoms with van der Waals surface area (Å²) < 4.78 is 11.0. The number of aromatic nitrogens is 2. The van der Waals surface area contributed by atoms with E-state index in [4.69, 9.17) is 9.47 Å². The number of rotatable bonds is 9. The lowest BCUT2D eigenvalue weighted by Crippen LogP contribution is -2.47. The number of phenols is 1. The average molecular weight is 516 g/mol. The first kappa shape index (κ1) is 23.8. The van der Waals surface area contributed by atoms with Crippen molar-refractivity contribution in [1.29, 1.82) is 0 Å². The zero-order chi connectivity index (χ0) is 23.6. The Bertz CT molecular complexity index is 1110. The number of methoxy groups -OCH3 is 1. The molecule has 0 saturated carbocycles. The van der Waals surface area contributed by atoms with Gasteiger partial charge >= 0.3 is 6.09 Å². The fourth-order valence-electron chi connectivity index (χ4n) is 2.82. The summed E-state index contributed by atoms with van der Waals surface area (Å²) in [6, 6.07) is 11.4. The van der Waals surface area contributed by atoms with Crippen molar-refractivity contribution >= 4 is 34.1 Å². The molecule has 3 rings (SSSR count). The van der Waals surface area contributed by atoms with Crippen LogP contribution in [0.3, 0.4) is 0 Å². The summed E-state index contributed by atoms with van der Waals surface area (Å²) in [7, 11) is 1.42. The number of benzene rings is 2. The first-order chi connectivity index (χ1) is 16.0. The van der Waals surface area contributed by atoms with Crippen molar-refractivity contribution in [2.24, 2.45) is 5.10 Å². The molecule has 4 N–H and O–H groups in total. The van der Waals surface area contributed by atoms with Gasteiger partial charge in [-0.15, -0.1) is 0 Å². The molecule has 0 unspecified atom stereocenters. The molecule has 0 bridgehead atoms. The van der Waals surface area contributed by atoms with Gasteiger partial charge in [0, 0.05) is 28.3 Å². The summed E-state index contributed by atoms with van der Waals surface area (Å²) in [5.74, 6) is -0.466. The van der Waals surface area contributed by atoms with Crippen molar-refractivity contribution in [3.8, 4) is 11.5 Å². The third-order valence-corrected chi connectivity index (χ3v) is 4.93. The van der Waals surface area contributed by atoms with Gasteiger partial charge in [0.25, 0.3) is 5.91 Å². The summed E-state index contributed by atoms with van der Waals surface area (Å²) in [4.78, 5) is 31.8. The van der Waals surface area contributed by atoms with Gasteiger partial charge in [0.1, 0.15) is 12.6 Å². The Kier molecular flexibility index (Phi) is 8.42. The van der Waals surface area contributed by atoms with Crippen molar-refractivity contribution < 1.29 is 24.2 Å². The lowest BCUT2D eigenvalue weighted by Gasteiger charge is -2.16. The lowest BCUT2D eigenvalue weighted by molar-refractivity contribution is -0.123. The smallest absolute Gasteiger partial charge is 0.408 e. The fourth-order valence-corrected chi connectivity index (χ4v) is 3.28. The molecule has 3 aromatic rings. The second-order valence-corrected chi connectivity index (χ2v) is 7.74.